The van der Waals surface area contributed by atoms with Gasteiger partial charge in [0.1, 0.15) is 5.65 Å². The van der Waals surface area contributed by atoms with Crippen molar-refractivity contribution in [3.05, 3.63) is 60.3 Å². The second kappa shape index (κ2) is 4.90. The highest BCUT2D eigenvalue weighted by Gasteiger charge is 2.04. The van der Waals surface area contributed by atoms with Crippen molar-refractivity contribution >= 4 is 5.65 Å². The molecule has 1 unspecified atom stereocenters. The molecule has 0 fully saturated rings. The van der Waals surface area contributed by atoms with Crippen LogP contribution < -0.4 is 5.73 Å². The van der Waals surface area contributed by atoms with Crippen molar-refractivity contribution < 1.29 is 0 Å². The monoisotopic (exact) mass is 254 g/mol. The molecule has 0 saturated heterocycles. The molecular formula is C15H18N4. The highest BCUT2D eigenvalue weighted by atomic mass is 15.0. The third-order valence-corrected chi connectivity index (χ3v) is 3.13. The normalized spacial score (nSPS) is 12.9. The van der Waals surface area contributed by atoms with Crippen molar-refractivity contribution in [3.8, 4) is 0 Å². The van der Waals surface area contributed by atoms with Gasteiger partial charge in [-0.25, -0.2) is 4.98 Å². The van der Waals surface area contributed by atoms with E-state index in [1.165, 1.54) is 5.56 Å². The van der Waals surface area contributed by atoms with Crippen molar-refractivity contribution in [1.29, 1.82) is 0 Å². The van der Waals surface area contributed by atoms with Gasteiger partial charge in [0.15, 0.2) is 0 Å². The van der Waals surface area contributed by atoms with E-state index in [1.54, 1.807) is 0 Å². The van der Waals surface area contributed by atoms with E-state index in [4.69, 9.17) is 5.73 Å². The van der Waals surface area contributed by atoms with Gasteiger partial charge in [-0.15, -0.1) is 0 Å². The quantitative estimate of drug-likeness (QED) is 0.775. The summed E-state index contributed by atoms with van der Waals surface area (Å²) in [6, 6.07) is 8.35. The predicted octanol–water partition coefficient (Wildman–Crippen LogP) is 2.07. The molecule has 98 valence electrons. The van der Waals surface area contributed by atoms with Gasteiger partial charge in [-0.2, -0.15) is 0 Å². The standard InChI is InChI=1S/C15H18N4/c1-12(16)8-13-5-7-18(9-13)10-14-11-19-6-3-2-4-15(19)17-14/h2-7,9,11-12H,8,10,16H2,1H3. The van der Waals surface area contributed by atoms with Crippen LogP contribution in [0.5, 0.6) is 0 Å². The first-order valence-corrected chi connectivity index (χ1v) is 6.53. The Morgan fingerprint density at radius 2 is 2.11 bits per heavy atom. The fourth-order valence-electron chi connectivity index (χ4n) is 2.33. The minimum absolute atomic E-state index is 0.200. The van der Waals surface area contributed by atoms with Crippen LogP contribution in [0.3, 0.4) is 0 Å². The highest BCUT2D eigenvalue weighted by molar-refractivity contribution is 5.39. The van der Waals surface area contributed by atoms with E-state index < -0.39 is 0 Å². The lowest BCUT2D eigenvalue weighted by Crippen LogP contribution is -2.17. The van der Waals surface area contributed by atoms with E-state index in [1.807, 2.05) is 35.7 Å². The Hall–Kier alpha value is -2.07. The van der Waals surface area contributed by atoms with E-state index in [9.17, 15) is 0 Å². The number of nitrogens with two attached hydrogens (primary N) is 1. The zero-order valence-corrected chi connectivity index (χ0v) is 11.0. The number of hydrogen-bond donors (Lipinski definition) is 1. The van der Waals surface area contributed by atoms with Gasteiger partial charge in [-0.3, -0.25) is 0 Å². The summed E-state index contributed by atoms with van der Waals surface area (Å²) in [6.07, 6.45) is 9.23. The molecule has 3 aromatic rings. The molecule has 0 aliphatic rings. The highest BCUT2D eigenvalue weighted by Crippen LogP contribution is 2.09. The van der Waals surface area contributed by atoms with Crippen molar-refractivity contribution in [1.82, 2.24) is 14.0 Å². The van der Waals surface area contributed by atoms with Crippen LogP contribution in [0.4, 0.5) is 0 Å². The predicted molar refractivity (Wildman–Crippen MR) is 76.1 cm³/mol. The fraction of sp³-hybridized carbons (Fsp3) is 0.267. The first-order valence-electron chi connectivity index (χ1n) is 6.53. The Labute approximate surface area is 112 Å². The SMILES string of the molecule is CC(N)Cc1ccn(Cc2cn3ccccc3n2)c1. The van der Waals surface area contributed by atoms with Crippen LogP contribution in [0.2, 0.25) is 0 Å². The van der Waals surface area contributed by atoms with Crippen LogP contribution in [-0.2, 0) is 13.0 Å². The van der Waals surface area contributed by atoms with Crippen LogP contribution in [0.15, 0.2) is 49.1 Å². The lowest BCUT2D eigenvalue weighted by Gasteiger charge is -2.01. The molecule has 3 rings (SSSR count). The maximum absolute atomic E-state index is 5.81. The van der Waals surface area contributed by atoms with Crippen molar-refractivity contribution in [2.75, 3.05) is 0 Å². The molecule has 0 amide bonds. The van der Waals surface area contributed by atoms with Crippen LogP contribution in [0.25, 0.3) is 5.65 Å². The molecule has 3 aromatic heterocycles. The Balaban J connectivity index is 1.78. The van der Waals surface area contributed by atoms with E-state index in [0.29, 0.717) is 0 Å². The Morgan fingerprint density at radius 1 is 1.21 bits per heavy atom. The molecule has 0 radical (unpaired) electrons. The van der Waals surface area contributed by atoms with E-state index in [2.05, 4.69) is 34.2 Å². The maximum atomic E-state index is 5.81. The molecule has 19 heavy (non-hydrogen) atoms. The van der Waals surface area contributed by atoms with Crippen molar-refractivity contribution in [2.24, 2.45) is 5.73 Å². The number of nitrogens with zero attached hydrogens (tertiary/aromatic N) is 3. The average molecular weight is 254 g/mol. The van der Waals surface area contributed by atoms with Crippen LogP contribution in [-0.4, -0.2) is 20.0 Å². The maximum Gasteiger partial charge on any atom is 0.137 e. The summed E-state index contributed by atoms with van der Waals surface area (Å²) in [4.78, 5) is 4.60. The molecule has 4 heteroatoms. The molecule has 0 aliphatic heterocycles. The van der Waals surface area contributed by atoms with Crippen molar-refractivity contribution in [3.63, 3.8) is 0 Å². The smallest absolute Gasteiger partial charge is 0.137 e. The van der Waals surface area contributed by atoms with Gasteiger partial charge >= 0.3 is 0 Å². The number of hydrogen-bond acceptors (Lipinski definition) is 2. The van der Waals surface area contributed by atoms with Crippen LogP contribution >= 0.6 is 0 Å². The Morgan fingerprint density at radius 3 is 2.89 bits per heavy atom. The minimum Gasteiger partial charge on any atom is -0.348 e. The Bertz CT molecular complexity index is 645. The molecule has 0 saturated carbocycles. The molecule has 4 nitrogen and oxygen atoms in total. The lowest BCUT2D eigenvalue weighted by molar-refractivity contribution is 0.730. The topological polar surface area (TPSA) is 48.2 Å². The molecule has 0 aliphatic carbocycles. The van der Waals surface area contributed by atoms with Gasteiger partial charge in [0, 0.05) is 30.8 Å². The van der Waals surface area contributed by atoms with Crippen molar-refractivity contribution in [2.45, 2.75) is 25.9 Å². The van der Waals surface area contributed by atoms with Crippen LogP contribution in [0.1, 0.15) is 18.2 Å². The zero-order chi connectivity index (χ0) is 13.2. The van der Waals surface area contributed by atoms with Gasteiger partial charge in [0.2, 0.25) is 0 Å². The van der Waals surface area contributed by atoms with Gasteiger partial charge in [-0.05, 0) is 37.1 Å². The second-order valence-electron chi connectivity index (χ2n) is 5.07. The molecule has 1 atom stereocenters. The zero-order valence-electron chi connectivity index (χ0n) is 11.0. The number of pyridine rings is 1. The summed E-state index contributed by atoms with van der Waals surface area (Å²) in [5, 5.41) is 0. The minimum atomic E-state index is 0.200. The summed E-state index contributed by atoms with van der Waals surface area (Å²) in [5.74, 6) is 0. The largest absolute Gasteiger partial charge is 0.348 e. The molecule has 0 aromatic carbocycles. The first kappa shape index (κ1) is 12.0. The molecule has 0 spiro atoms. The number of aromatic nitrogens is 3. The molecule has 3 heterocycles. The van der Waals surface area contributed by atoms with Gasteiger partial charge in [0.05, 0.1) is 12.2 Å². The number of rotatable bonds is 4. The number of fused-ring (bicyclic) bond motifs is 1. The Kier molecular flexibility index (Phi) is 3.09. The van der Waals surface area contributed by atoms with Gasteiger partial charge in [-0.1, -0.05) is 6.07 Å². The second-order valence-corrected chi connectivity index (χ2v) is 5.07. The summed E-state index contributed by atoms with van der Waals surface area (Å²) >= 11 is 0. The molecular weight excluding hydrogens is 236 g/mol. The molecule has 2 N–H and O–H groups in total. The number of imidazole rings is 1. The van der Waals surface area contributed by atoms with Crippen LogP contribution in [0, 0.1) is 0 Å². The third kappa shape index (κ3) is 2.69. The third-order valence-electron chi connectivity index (χ3n) is 3.13. The summed E-state index contributed by atoms with van der Waals surface area (Å²) in [5.41, 5.74) is 9.14. The summed E-state index contributed by atoms with van der Waals surface area (Å²) < 4.78 is 4.20. The summed E-state index contributed by atoms with van der Waals surface area (Å²) in [6.45, 7) is 2.82. The van der Waals surface area contributed by atoms with E-state index in [-0.39, 0.29) is 6.04 Å². The fourth-order valence-corrected chi connectivity index (χ4v) is 2.33. The van der Waals surface area contributed by atoms with Gasteiger partial charge in [0.25, 0.3) is 0 Å². The first-order chi connectivity index (χ1) is 9.20. The van der Waals surface area contributed by atoms with Gasteiger partial charge < -0.3 is 14.7 Å². The summed E-state index contributed by atoms with van der Waals surface area (Å²) in [7, 11) is 0. The average Bonchev–Trinajstić information content (AvgIpc) is 2.94. The molecule has 0 bridgehead atoms. The van der Waals surface area contributed by atoms with E-state index in [0.717, 1.165) is 24.3 Å². The lowest BCUT2D eigenvalue weighted by atomic mass is 10.1. The van der Waals surface area contributed by atoms with E-state index >= 15 is 0 Å².